The van der Waals surface area contributed by atoms with Crippen LogP contribution in [0.25, 0.3) is 55.2 Å². The number of quaternary nitrogens is 1. The number of anilines is 2. The number of para-hydroxylation sites is 3. The van der Waals surface area contributed by atoms with Crippen molar-refractivity contribution in [3.63, 3.8) is 0 Å². The third-order valence-electron chi connectivity index (χ3n) is 8.77. The molecule has 1 aromatic heterocycles. The van der Waals surface area contributed by atoms with Crippen LogP contribution in [0.15, 0.2) is 146 Å². The molecule has 43 heavy (non-hydrogen) atoms. The molecule has 1 aliphatic heterocycles. The molecule has 0 saturated carbocycles. The number of hydrogen-bond acceptors (Lipinski definition) is 2. The second kappa shape index (κ2) is 10.5. The first kappa shape index (κ1) is 25.5. The van der Waals surface area contributed by atoms with E-state index in [0.717, 1.165) is 23.2 Å². The lowest BCUT2D eigenvalue weighted by Crippen LogP contribution is -2.84. The van der Waals surface area contributed by atoms with Gasteiger partial charge in [-0.15, -0.1) is 0 Å². The molecule has 8 rings (SSSR count). The Morgan fingerprint density at radius 1 is 0.581 bits per heavy atom. The Hall–Kier alpha value is -5.25. The summed E-state index contributed by atoms with van der Waals surface area (Å²) >= 11 is 0. The van der Waals surface area contributed by atoms with Gasteiger partial charge in [-0.1, -0.05) is 122 Å². The minimum atomic E-state index is 0.386. The van der Waals surface area contributed by atoms with E-state index in [2.05, 4.69) is 163 Å². The molecule has 0 saturated heterocycles. The maximum absolute atomic E-state index is 5.11. The maximum Gasteiger partial charge on any atom is 0.170 e. The van der Waals surface area contributed by atoms with Crippen LogP contribution in [0.5, 0.6) is 0 Å². The van der Waals surface area contributed by atoms with Gasteiger partial charge in [-0.05, 0) is 46.5 Å². The molecule has 7 aromatic rings. The zero-order chi connectivity index (χ0) is 28.8. The van der Waals surface area contributed by atoms with Gasteiger partial charge >= 0.3 is 0 Å². The highest BCUT2D eigenvalue weighted by Crippen LogP contribution is 2.40. The number of pyridine rings is 1. The lowest BCUT2D eigenvalue weighted by molar-refractivity contribution is -0.600. The molecular weight excluding hydrogens is 522 g/mol. The van der Waals surface area contributed by atoms with Crippen LogP contribution in [0, 0.1) is 0 Å². The van der Waals surface area contributed by atoms with E-state index in [1.165, 1.54) is 55.5 Å². The van der Waals surface area contributed by atoms with Crippen LogP contribution in [0.2, 0.25) is 0 Å². The van der Waals surface area contributed by atoms with Gasteiger partial charge in [-0.25, -0.2) is 4.98 Å². The monoisotopic (exact) mass is 554 g/mol. The predicted molar refractivity (Wildman–Crippen MR) is 180 cm³/mol. The molecule has 3 nitrogen and oxygen atoms in total. The highest BCUT2D eigenvalue weighted by atomic mass is 15.3. The standard InChI is InChI=1S/C40H31N3/c1-2-38-41-36-17-8-9-18-37(36)43(38)31-25-23-28(24-26-31)27-19-21-29(22-20-27)32-14-10-15-34-39(32)33-13-6-7-16-35(33)42-40(34)30-11-4-3-5-12-30/h3-26,38,41H,2H2,1H3/p+1. The predicted octanol–water partition coefficient (Wildman–Crippen LogP) is 9.47. The topological polar surface area (TPSA) is 32.7 Å². The van der Waals surface area contributed by atoms with E-state index in [1.54, 1.807) is 0 Å². The van der Waals surface area contributed by atoms with Crippen LogP contribution in [0.1, 0.15) is 13.3 Å². The number of fused-ring (bicyclic) bond motifs is 4. The SMILES string of the molecule is CCC1[NH2+]c2ccccc2N1c1ccc(-c2ccc(-c3cccc4c(-c5ccccc5)nc5ccccc5c34)cc2)cc1. The summed E-state index contributed by atoms with van der Waals surface area (Å²) in [6.45, 7) is 2.26. The van der Waals surface area contributed by atoms with E-state index < -0.39 is 0 Å². The lowest BCUT2D eigenvalue weighted by atomic mass is 9.92. The zero-order valence-electron chi connectivity index (χ0n) is 24.1. The van der Waals surface area contributed by atoms with Gasteiger partial charge in [0.1, 0.15) is 5.69 Å². The first-order chi connectivity index (χ1) is 21.3. The fourth-order valence-corrected chi connectivity index (χ4v) is 6.66. The average Bonchev–Trinajstić information content (AvgIpc) is 3.47. The van der Waals surface area contributed by atoms with Crippen molar-refractivity contribution in [1.82, 2.24) is 4.98 Å². The molecular formula is C40H32N3+. The van der Waals surface area contributed by atoms with Crippen LogP contribution < -0.4 is 10.2 Å². The van der Waals surface area contributed by atoms with Crippen molar-refractivity contribution in [3.8, 4) is 33.5 Å². The van der Waals surface area contributed by atoms with Crippen LogP contribution in [0.3, 0.4) is 0 Å². The normalized spacial score (nSPS) is 14.3. The van der Waals surface area contributed by atoms with E-state index >= 15 is 0 Å². The summed E-state index contributed by atoms with van der Waals surface area (Å²) in [6, 6.07) is 52.3. The molecule has 0 bridgehead atoms. The van der Waals surface area contributed by atoms with E-state index in [1.807, 2.05) is 0 Å². The van der Waals surface area contributed by atoms with Crippen molar-refractivity contribution >= 4 is 38.7 Å². The highest BCUT2D eigenvalue weighted by Gasteiger charge is 2.32. The molecule has 2 N–H and O–H groups in total. The lowest BCUT2D eigenvalue weighted by Gasteiger charge is -2.23. The zero-order valence-corrected chi connectivity index (χ0v) is 24.1. The van der Waals surface area contributed by atoms with Crippen molar-refractivity contribution in [1.29, 1.82) is 0 Å². The van der Waals surface area contributed by atoms with Gasteiger partial charge in [0, 0.05) is 39.9 Å². The van der Waals surface area contributed by atoms with Crippen LogP contribution >= 0.6 is 0 Å². The van der Waals surface area contributed by atoms with Crippen molar-refractivity contribution in [2.24, 2.45) is 0 Å². The first-order valence-electron chi connectivity index (χ1n) is 15.1. The summed E-state index contributed by atoms with van der Waals surface area (Å²) in [4.78, 5) is 7.58. The minimum Gasteiger partial charge on any atom is -0.292 e. The van der Waals surface area contributed by atoms with Gasteiger partial charge in [0.2, 0.25) is 0 Å². The van der Waals surface area contributed by atoms with Gasteiger partial charge in [-0.2, -0.15) is 0 Å². The number of aromatic nitrogens is 1. The Morgan fingerprint density at radius 2 is 1.23 bits per heavy atom. The second-order valence-corrected chi connectivity index (χ2v) is 11.3. The average molecular weight is 555 g/mol. The van der Waals surface area contributed by atoms with Crippen molar-refractivity contribution in [2.75, 3.05) is 4.90 Å². The summed E-state index contributed by atoms with van der Waals surface area (Å²) in [6.07, 6.45) is 1.46. The summed E-state index contributed by atoms with van der Waals surface area (Å²) in [5.41, 5.74) is 11.9. The number of rotatable bonds is 5. The fourth-order valence-electron chi connectivity index (χ4n) is 6.66. The Bertz CT molecular complexity index is 2080. The molecule has 2 heterocycles. The molecule has 0 radical (unpaired) electrons. The number of nitrogens with two attached hydrogens (primary N) is 1. The maximum atomic E-state index is 5.11. The Labute approximate surface area is 252 Å². The van der Waals surface area contributed by atoms with Crippen molar-refractivity contribution in [2.45, 2.75) is 19.5 Å². The van der Waals surface area contributed by atoms with Gasteiger partial charge in [0.15, 0.2) is 11.9 Å². The summed E-state index contributed by atoms with van der Waals surface area (Å²) in [7, 11) is 0. The molecule has 1 atom stereocenters. The van der Waals surface area contributed by atoms with E-state index in [9.17, 15) is 0 Å². The Morgan fingerprint density at radius 3 is 2.02 bits per heavy atom. The Kier molecular flexibility index (Phi) is 6.24. The third kappa shape index (κ3) is 4.37. The fraction of sp³-hybridized carbons (Fsp3) is 0.0750. The smallest absolute Gasteiger partial charge is 0.170 e. The van der Waals surface area contributed by atoms with Crippen LogP contribution in [0.4, 0.5) is 17.1 Å². The second-order valence-electron chi connectivity index (χ2n) is 11.3. The summed E-state index contributed by atoms with van der Waals surface area (Å²) in [5.74, 6) is 0. The minimum absolute atomic E-state index is 0.386. The highest BCUT2D eigenvalue weighted by molar-refractivity contribution is 6.17. The third-order valence-corrected chi connectivity index (χ3v) is 8.77. The molecule has 1 aliphatic rings. The molecule has 0 spiro atoms. The molecule has 6 aromatic carbocycles. The quantitative estimate of drug-likeness (QED) is 0.170. The van der Waals surface area contributed by atoms with E-state index in [0.29, 0.717) is 6.17 Å². The molecule has 3 heteroatoms. The summed E-state index contributed by atoms with van der Waals surface area (Å²) < 4.78 is 0. The molecule has 0 aliphatic carbocycles. The van der Waals surface area contributed by atoms with E-state index in [-0.39, 0.29) is 0 Å². The molecule has 1 unspecified atom stereocenters. The molecule has 0 amide bonds. The number of benzene rings is 6. The van der Waals surface area contributed by atoms with E-state index in [4.69, 9.17) is 4.98 Å². The van der Waals surface area contributed by atoms with Crippen molar-refractivity contribution in [3.05, 3.63) is 146 Å². The number of hydrogen-bond donors (Lipinski definition) is 1. The van der Waals surface area contributed by atoms with Crippen molar-refractivity contribution < 1.29 is 5.32 Å². The first-order valence-corrected chi connectivity index (χ1v) is 15.1. The number of nitrogens with zero attached hydrogens (tertiary/aromatic N) is 2. The van der Waals surface area contributed by atoms with Gasteiger partial charge in [0.05, 0.1) is 11.2 Å². The van der Waals surface area contributed by atoms with Gasteiger partial charge in [0.25, 0.3) is 0 Å². The molecule has 0 fully saturated rings. The Balaban J connectivity index is 1.17. The molecule has 206 valence electrons. The van der Waals surface area contributed by atoms with Crippen LogP contribution in [-0.2, 0) is 0 Å². The van der Waals surface area contributed by atoms with Crippen LogP contribution in [-0.4, -0.2) is 11.1 Å². The van der Waals surface area contributed by atoms with Gasteiger partial charge < -0.3 is 0 Å². The summed E-state index contributed by atoms with van der Waals surface area (Å²) in [5, 5.41) is 5.99. The van der Waals surface area contributed by atoms with Gasteiger partial charge in [-0.3, -0.25) is 10.2 Å². The largest absolute Gasteiger partial charge is 0.292 e.